The maximum atomic E-state index is 10.5. The SMILES string of the molecule is OCc1ccc(N(c2ccc(CO)cc2)c2ccc3c(c2)C(CO)(CO)c2ccccc2-3)cc1. The third-order valence-corrected chi connectivity index (χ3v) is 6.80. The maximum Gasteiger partial charge on any atom is 0.0681 e. The van der Waals surface area contributed by atoms with Crippen LogP contribution in [-0.2, 0) is 18.6 Å². The first-order valence-corrected chi connectivity index (χ1v) is 11.3. The van der Waals surface area contributed by atoms with Gasteiger partial charge in [-0.05, 0) is 69.8 Å². The van der Waals surface area contributed by atoms with E-state index in [2.05, 4.69) is 4.90 Å². The van der Waals surface area contributed by atoms with Crippen molar-refractivity contribution in [1.29, 1.82) is 0 Å². The largest absolute Gasteiger partial charge is 0.395 e. The summed E-state index contributed by atoms with van der Waals surface area (Å²) in [5.41, 5.74) is 7.31. The number of rotatable bonds is 7. The molecule has 0 saturated heterocycles. The lowest BCUT2D eigenvalue weighted by Gasteiger charge is -2.30. The highest BCUT2D eigenvalue weighted by Gasteiger charge is 2.42. The number of aliphatic hydroxyl groups is 4. The number of aliphatic hydroxyl groups excluding tert-OH is 4. The van der Waals surface area contributed by atoms with E-state index >= 15 is 0 Å². The lowest BCUT2D eigenvalue weighted by Crippen LogP contribution is -2.34. The molecule has 0 bridgehead atoms. The van der Waals surface area contributed by atoms with Gasteiger partial charge >= 0.3 is 0 Å². The molecule has 0 atom stereocenters. The van der Waals surface area contributed by atoms with Crippen LogP contribution < -0.4 is 4.90 Å². The van der Waals surface area contributed by atoms with Gasteiger partial charge < -0.3 is 25.3 Å². The first-order chi connectivity index (χ1) is 16.6. The number of hydrogen-bond donors (Lipinski definition) is 4. The molecule has 0 spiro atoms. The van der Waals surface area contributed by atoms with E-state index in [0.29, 0.717) is 0 Å². The fourth-order valence-corrected chi connectivity index (χ4v) is 4.92. The quantitative estimate of drug-likeness (QED) is 0.334. The van der Waals surface area contributed by atoms with E-state index in [4.69, 9.17) is 0 Å². The zero-order valence-electron chi connectivity index (χ0n) is 18.7. The minimum absolute atomic E-state index is 0.0297. The summed E-state index contributed by atoms with van der Waals surface area (Å²) in [6, 6.07) is 29.4. The topological polar surface area (TPSA) is 84.2 Å². The van der Waals surface area contributed by atoms with Crippen molar-refractivity contribution in [1.82, 2.24) is 0 Å². The molecule has 0 amide bonds. The van der Waals surface area contributed by atoms with E-state index in [1.54, 1.807) is 0 Å². The van der Waals surface area contributed by atoms with Gasteiger partial charge in [0, 0.05) is 17.1 Å². The Morgan fingerprint density at radius 2 is 1.03 bits per heavy atom. The molecule has 4 aromatic rings. The molecule has 1 aliphatic rings. The predicted octanol–water partition coefficient (Wildman–Crippen LogP) is 4.39. The van der Waals surface area contributed by atoms with E-state index in [9.17, 15) is 20.4 Å². The predicted molar refractivity (Wildman–Crippen MR) is 133 cm³/mol. The average molecular weight is 454 g/mol. The highest BCUT2D eigenvalue weighted by molar-refractivity contribution is 5.86. The van der Waals surface area contributed by atoms with E-state index in [1.165, 1.54) is 0 Å². The summed E-state index contributed by atoms with van der Waals surface area (Å²) in [7, 11) is 0. The van der Waals surface area contributed by atoms with Gasteiger partial charge in [0.1, 0.15) is 0 Å². The van der Waals surface area contributed by atoms with Crippen molar-refractivity contribution in [2.75, 3.05) is 18.1 Å². The van der Waals surface area contributed by atoms with Gasteiger partial charge in [-0.25, -0.2) is 0 Å². The van der Waals surface area contributed by atoms with Crippen LogP contribution in [0.1, 0.15) is 22.3 Å². The van der Waals surface area contributed by atoms with Crippen LogP contribution in [0.15, 0.2) is 91.0 Å². The fraction of sp³-hybridized carbons (Fsp3) is 0.172. The lowest BCUT2D eigenvalue weighted by molar-refractivity contribution is 0.146. The molecule has 34 heavy (non-hydrogen) atoms. The molecule has 0 heterocycles. The van der Waals surface area contributed by atoms with Crippen LogP contribution in [0.3, 0.4) is 0 Å². The van der Waals surface area contributed by atoms with Gasteiger partial charge in [-0.2, -0.15) is 0 Å². The summed E-state index contributed by atoms with van der Waals surface area (Å²) >= 11 is 0. The minimum atomic E-state index is -0.880. The van der Waals surface area contributed by atoms with Gasteiger partial charge in [0.15, 0.2) is 0 Å². The Morgan fingerprint density at radius 3 is 1.56 bits per heavy atom. The number of fused-ring (bicyclic) bond motifs is 3. The molecule has 1 aliphatic carbocycles. The molecular weight excluding hydrogens is 426 g/mol. The number of anilines is 3. The molecule has 0 saturated carbocycles. The van der Waals surface area contributed by atoms with Crippen LogP contribution in [-0.4, -0.2) is 33.6 Å². The summed E-state index contributed by atoms with van der Waals surface area (Å²) in [5, 5.41) is 39.9. The van der Waals surface area contributed by atoms with Crippen LogP contribution in [0.5, 0.6) is 0 Å². The summed E-state index contributed by atoms with van der Waals surface area (Å²) < 4.78 is 0. The van der Waals surface area contributed by atoms with Crippen LogP contribution >= 0.6 is 0 Å². The second kappa shape index (κ2) is 9.05. The molecule has 172 valence electrons. The molecule has 5 nitrogen and oxygen atoms in total. The van der Waals surface area contributed by atoms with Crippen LogP contribution in [0, 0.1) is 0 Å². The number of benzene rings is 4. The van der Waals surface area contributed by atoms with Gasteiger partial charge in [0.05, 0.1) is 31.8 Å². The van der Waals surface area contributed by atoms with Crippen molar-refractivity contribution < 1.29 is 20.4 Å². The van der Waals surface area contributed by atoms with Gasteiger partial charge in [0.2, 0.25) is 0 Å². The fourth-order valence-electron chi connectivity index (χ4n) is 4.92. The third kappa shape index (κ3) is 3.50. The third-order valence-electron chi connectivity index (χ3n) is 6.80. The minimum Gasteiger partial charge on any atom is -0.395 e. The van der Waals surface area contributed by atoms with E-state index in [-0.39, 0.29) is 26.4 Å². The second-order valence-electron chi connectivity index (χ2n) is 8.66. The van der Waals surface area contributed by atoms with Crippen molar-refractivity contribution in [3.63, 3.8) is 0 Å². The smallest absolute Gasteiger partial charge is 0.0681 e. The molecule has 4 N–H and O–H groups in total. The number of nitrogens with zero attached hydrogens (tertiary/aromatic N) is 1. The van der Waals surface area contributed by atoms with Crippen molar-refractivity contribution in [2.45, 2.75) is 18.6 Å². The van der Waals surface area contributed by atoms with Crippen molar-refractivity contribution in [3.05, 3.63) is 113 Å². The van der Waals surface area contributed by atoms with Gasteiger partial charge in [-0.15, -0.1) is 0 Å². The average Bonchev–Trinajstić information content (AvgIpc) is 3.19. The highest BCUT2D eigenvalue weighted by atomic mass is 16.3. The lowest BCUT2D eigenvalue weighted by atomic mass is 9.79. The monoisotopic (exact) mass is 453 g/mol. The van der Waals surface area contributed by atoms with Crippen molar-refractivity contribution in [3.8, 4) is 11.1 Å². The normalized spacial score (nSPS) is 13.4. The van der Waals surface area contributed by atoms with E-state index < -0.39 is 5.41 Å². The second-order valence-corrected chi connectivity index (χ2v) is 8.66. The molecule has 0 aromatic heterocycles. The molecule has 0 radical (unpaired) electrons. The van der Waals surface area contributed by atoms with Gasteiger partial charge in [0.25, 0.3) is 0 Å². The highest BCUT2D eigenvalue weighted by Crippen LogP contribution is 2.50. The summed E-state index contributed by atoms with van der Waals surface area (Å²) in [6.07, 6.45) is 0. The molecule has 0 unspecified atom stereocenters. The van der Waals surface area contributed by atoms with Crippen LogP contribution in [0.25, 0.3) is 11.1 Å². The Labute approximate surface area is 198 Å². The summed E-state index contributed by atoms with van der Waals surface area (Å²) in [5.74, 6) is 0. The number of hydrogen-bond acceptors (Lipinski definition) is 5. The first-order valence-electron chi connectivity index (χ1n) is 11.3. The molecule has 5 heteroatoms. The molecular formula is C29H27NO4. The van der Waals surface area contributed by atoms with E-state index in [0.717, 1.165) is 50.4 Å². The Kier molecular flexibility index (Phi) is 5.94. The zero-order valence-corrected chi connectivity index (χ0v) is 18.7. The first kappa shape index (κ1) is 22.3. The standard InChI is InChI=1S/C29H27NO4/c31-16-20-5-9-22(10-6-20)30(23-11-7-21(17-32)8-12-23)24-13-14-26-25-3-1-2-4-27(25)29(18-33,19-34)28(26)15-24/h1-15,31-34H,16-19H2. The maximum absolute atomic E-state index is 10.5. The summed E-state index contributed by atoms with van der Waals surface area (Å²) in [6.45, 7) is -0.461. The zero-order chi connectivity index (χ0) is 23.7. The molecule has 4 aromatic carbocycles. The molecule has 0 fully saturated rings. The molecule has 0 aliphatic heterocycles. The van der Waals surface area contributed by atoms with Crippen molar-refractivity contribution >= 4 is 17.1 Å². The Morgan fingerprint density at radius 1 is 0.529 bits per heavy atom. The van der Waals surface area contributed by atoms with Crippen LogP contribution in [0.2, 0.25) is 0 Å². The van der Waals surface area contributed by atoms with Gasteiger partial charge in [-0.3, -0.25) is 0 Å². The van der Waals surface area contributed by atoms with Gasteiger partial charge in [-0.1, -0.05) is 54.6 Å². The Bertz CT molecular complexity index is 1250. The Balaban J connectivity index is 1.69. The van der Waals surface area contributed by atoms with E-state index in [1.807, 2.05) is 91.0 Å². The Hall–Kier alpha value is -3.48. The van der Waals surface area contributed by atoms with Crippen LogP contribution in [0.4, 0.5) is 17.1 Å². The molecule has 5 rings (SSSR count). The summed E-state index contributed by atoms with van der Waals surface area (Å²) in [4.78, 5) is 2.09. The van der Waals surface area contributed by atoms with Crippen molar-refractivity contribution in [2.24, 2.45) is 0 Å².